The third-order valence-corrected chi connectivity index (χ3v) is 4.55. The number of carbonyl (C=O) groups excluding carboxylic acids is 4. The molecule has 0 bridgehead atoms. The van der Waals surface area contributed by atoms with Crippen molar-refractivity contribution in [2.75, 3.05) is 32.8 Å². The van der Waals surface area contributed by atoms with Crippen LogP contribution in [0.3, 0.4) is 0 Å². The van der Waals surface area contributed by atoms with Gasteiger partial charge in [-0.2, -0.15) is 0 Å². The molecule has 0 aliphatic carbocycles. The summed E-state index contributed by atoms with van der Waals surface area (Å²) in [6.07, 6.45) is -0.222. The quantitative estimate of drug-likeness (QED) is 0.421. The molecule has 2 N–H and O–H groups in total. The Balaban J connectivity index is 1.73. The Hall–Kier alpha value is -2.78. The maximum Gasteiger partial charge on any atom is 0.261 e. The average molecular weight is 361 g/mol. The van der Waals surface area contributed by atoms with Crippen LogP contribution in [0.15, 0.2) is 24.3 Å². The molecule has 138 valence electrons. The molecule has 1 saturated heterocycles. The van der Waals surface area contributed by atoms with E-state index in [2.05, 4.69) is 0 Å². The minimum Gasteiger partial charge on any atom is -0.378 e. The first-order valence-corrected chi connectivity index (χ1v) is 8.27. The van der Waals surface area contributed by atoms with Crippen LogP contribution >= 0.6 is 0 Å². The minimum atomic E-state index is -1.04. The first-order valence-electron chi connectivity index (χ1n) is 8.27. The Kier molecular flexibility index (Phi) is 5.29. The number of nitrogens with one attached hydrogen (secondary N) is 1. The minimum absolute atomic E-state index is 0.222. The van der Waals surface area contributed by atoms with Crippen LogP contribution in [0.5, 0.6) is 0 Å². The zero-order valence-corrected chi connectivity index (χ0v) is 14.0. The molecule has 1 aromatic rings. The first kappa shape index (κ1) is 18.0. The van der Waals surface area contributed by atoms with Gasteiger partial charge in [0, 0.05) is 26.1 Å². The molecule has 1 fully saturated rings. The summed E-state index contributed by atoms with van der Waals surface area (Å²) in [5, 5.41) is 8.97. The lowest BCUT2D eigenvalue weighted by atomic mass is 10.0. The Morgan fingerprint density at radius 2 is 1.69 bits per heavy atom. The molecule has 0 aromatic heterocycles. The molecule has 4 amide bonds. The standard InChI is InChI=1S/C17H19N3O6/c21-14(19-5-7-26-8-6-19)9-11(15(22)18-25)10-20-16(23)12-3-1-2-4-13(12)17(20)24/h1-4,11,25H,5-10H2,(H,18,22)/t11-/m1/s1. The van der Waals surface area contributed by atoms with E-state index < -0.39 is 23.6 Å². The highest BCUT2D eigenvalue weighted by Gasteiger charge is 2.38. The number of hydrogen-bond donors (Lipinski definition) is 2. The highest BCUT2D eigenvalue weighted by Crippen LogP contribution is 2.24. The van der Waals surface area contributed by atoms with Gasteiger partial charge in [-0.25, -0.2) is 5.48 Å². The number of benzene rings is 1. The molecule has 1 atom stereocenters. The summed E-state index contributed by atoms with van der Waals surface area (Å²) in [5.74, 6) is -3.18. The summed E-state index contributed by atoms with van der Waals surface area (Å²) in [4.78, 5) is 51.8. The molecule has 2 heterocycles. The van der Waals surface area contributed by atoms with Gasteiger partial charge in [0.1, 0.15) is 0 Å². The van der Waals surface area contributed by atoms with E-state index in [4.69, 9.17) is 9.94 Å². The van der Waals surface area contributed by atoms with Crippen LogP contribution in [0, 0.1) is 5.92 Å². The maximum atomic E-state index is 12.4. The van der Waals surface area contributed by atoms with E-state index in [1.54, 1.807) is 17.0 Å². The van der Waals surface area contributed by atoms with Crippen LogP contribution in [-0.4, -0.2) is 71.5 Å². The van der Waals surface area contributed by atoms with Gasteiger partial charge in [-0.1, -0.05) is 12.1 Å². The topological polar surface area (TPSA) is 116 Å². The molecule has 2 aliphatic heterocycles. The number of fused-ring (bicyclic) bond motifs is 1. The van der Waals surface area contributed by atoms with Gasteiger partial charge in [-0.3, -0.25) is 29.3 Å². The lowest BCUT2D eigenvalue weighted by molar-refractivity contribution is -0.142. The SMILES string of the molecule is O=C(NO)[C@H](CC(=O)N1CCOCC1)CN1C(=O)c2ccccc2C1=O. The Morgan fingerprint density at radius 3 is 2.23 bits per heavy atom. The van der Waals surface area contributed by atoms with Gasteiger partial charge in [-0.05, 0) is 12.1 Å². The molecule has 3 rings (SSSR count). The molecule has 0 saturated carbocycles. The van der Waals surface area contributed by atoms with Crippen molar-refractivity contribution >= 4 is 23.6 Å². The highest BCUT2D eigenvalue weighted by molar-refractivity contribution is 6.21. The van der Waals surface area contributed by atoms with Crippen molar-refractivity contribution in [1.82, 2.24) is 15.3 Å². The molecule has 9 heteroatoms. The summed E-state index contributed by atoms with van der Waals surface area (Å²) in [5.41, 5.74) is 2.04. The predicted octanol–water partition coefficient (Wildman–Crippen LogP) is -0.347. The highest BCUT2D eigenvalue weighted by atomic mass is 16.5. The largest absolute Gasteiger partial charge is 0.378 e. The van der Waals surface area contributed by atoms with Crippen molar-refractivity contribution < 1.29 is 29.1 Å². The third-order valence-electron chi connectivity index (χ3n) is 4.55. The van der Waals surface area contributed by atoms with Crippen LogP contribution in [0.4, 0.5) is 0 Å². The zero-order chi connectivity index (χ0) is 18.7. The zero-order valence-electron chi connectivity index (χ0n) is 14.0. The lowest BCUT2D eigenvalue weighted by Gasteiger charge is -2.29. The fourth-order valence-corrected chi connectivity index (χ4v) is 3.11. The second-order valence-corrected chi connectivity index (χ2v) is 6.14. The Bertz CT molecular complexity index is 709. The number of carbonyl (C=O) groups is 4. The first-order chi connectivity index (χ1) is 12.5. The Morgan fingerprint density at radius 1 is 1.12 bits per heavy atom. The van der Waals surface area contributed by atoms with Crippen molar-refractivity contribution in [2.24, 2.45) is 5.92 Å². The molecular formula is C17H19N3O6. The van der Waals surface area contributed by atoms with E-state index in [0.29, 0.717) is 26.3 Å². The van der Waals surface area contributed by atoms with Crippen molar-refractivity contribution in [3.63, 3.8) is 0 Å². The molecule has 0 unspecified atom stereocenters. The van der Waals surface area contributed by atoms with Gasteiger partial charge in [0.05, 0.1) is 30.3 Å². The van der Waals surface area contributed by atoms with Crippen LogP contribution in [-0.2, 0) is 14.3 Å². The van der Waals surface area contributed by atoms with E-state index in [0.717, 1.165) is 4.90 Å². The van der Waals surface area contributed by atoms with Crippen LogP contribution in [0.2, 0.25) is 0 Å². The summed E-state index contributed by atoms with van der Waals surface area (Å²) in [7, 11) is 0. The van der Waals surface area contributed by atoms with Crippen molar-refractivity contribution in [2.45, 2.75) is 6.42 Å². The van der Waals surface area contributed by atoms with Gasteiger partial charge in [0.15, 0.2) is 0 Å². The normalized spacial score (nSPS) is 17.9. The van der Waals surface area contributed by atoms with Crippen molar-refractivity contribution in [3.8, 4) is 0 Å². The van der Waals surface area contributed by atoms with E-state index in [-0.39, 0.29) is 30.0 Å². The van der Waals surface area contributed by atoms with Crippen LogP contribution < -0.4 is 5.48 Å². The number of rotatable bonds is 5. The van der Waals surface area contributed by atoms with Crippen molar-refractivity contribution in [1.29, 1.82) is 0 Å². The number of hydrogen-bond acceptors (Lipinski definition) is 6. The Labute approximate surface area is 149 Å². The number of imide groups is 1. The van der Waals surface area contributed by atoms with Gasteiger partial charge in [0.2, 0.25) is 11.8 Å². The van der Waals surface area contributed by atoms with E-state index >= 15 is 0 Å². The average Bonchev–Trinajstić information content (AvgIpc) is 2.92. The molecule has 0 radical (unpaired) electrons. The van der Waals surface area contributed by atoms with Crippen LogP contribution in [0.1, 0.15) is 27.1 Å². The lowest BCUT2D eigenvalue weighted by Crippen LogP contribution is -2.45. The van der Waals surface area contributed by atoms with Crippen molar-refractivity contribution in [3.05, 3.63) is 35.4 Å². The molecule has 0 spiro atoms. The molecular weight excluding hydrogens is 342 g/mol. The summed E-state index contributed by atoms with van der Waals surface area (Å²) in [6.45, 7) is 1.38. The van der Waals surface area contributed by atoms with Crippen LogP contribution in [0.25, 0.3) is 0 Å². The van der Waals surface area contributed by atoms with Gasteiger partial charge in [0.25, 0.3) is 11.8 Å². The van der Waals surface area contributed by atoms with Gasteiger partial charge < -0.3 is 9.64 Å². The maximum absolute atomic E-state index is 12.4. The number of morpholine rings is 1. The molecule has 26 heavy (non-hydrogen) atoms. The number of amides is 4. The molecule has 2 aliphatic rings. The van der Waals surface area contributed by atoms with Gasteiger partial charge in [-0.15, -0.1) is 0 Å². The number of nitrogens with zero attached hydrogens (tertiary/aromatic N) is 2. The summed E-state index contributed by atoms with van der Waals surface area (Å²) >= 11 is 0. The van der Waals surface area contributed by atoms with E-state index in [9.17, 15) is 19.2 Å². The monoisotopic (exact) mass is 361 g/mol. The van der Waals surface area contributed by atoms with E-state index in [1.807, 2.05) is 0 Å². The second kappa shape index (κ2) is 7.63. The third kappa shape index (κ3) is 3.44. The summed E-state index contributed by atoms with van der Waals surface area (Å²) < 4.78 is 5.18. The fourth-order valence-electron chi connectivity index (χ4n) is 3.11. The molecule has 9 nitrogen and oxygen atoms in total. The second-order valence-electron chi connectivity index (χ2n) is 6.14. The predicted molar refractivity (Wildman–Crippen MR) is 87.2 cm³/mol. The number of ether oxygens (including phenoxy) is 1. The van der Waals surface area contributed by atoms with E-state index in [1.165, 1.54) is 17.6 Å². The number of hydroxylamine groups is 1. The van der Waals surface area contributed by atoms with Gasteiger partial charge >= 0.3 is 0 Å². The summed E-state index contributed by atoms with van der Waals surface area (Å²) in [6, 6.07) is 6.37. The smallest absolute Gasteiger partial charge is 0.261 e. The molecule has 1 aromatic carbocycles. The fraction of sp³-hybridized carbons (Fsp3) is 0.412.